The summed E-state index contributed by atoms with van der Waals surface area (Å²) in [6.07, 6.45) is 9.49. The number of amides is 1. The molecule has 0 atom stereocenters. The number of carbonyl (C=O) groups is 1. The molecule has 8 nitrogen and oxygen atoms in total. The maximum Gasteiger partial charge on any atom is 0.252 e. The number of para-hydroxylation sites is 1. The summed E-state index contributed by atoms with van der Waals surface area (Å²) in [6, 6.07) is 9.67. The summed E-state index contributed by atoms with van der Waals surface area (Å²) in [5.74, 6) is 1.40. The molecule has 0 spiro atoms. The van der Waals surface area contributed by atoms with Crippen LogP contribution in [0.3, 0.4) is 0 Å². The molecule has 0 saturated heterocycles. The van der Waals surface area contributed by atoms with Gasteiger partial charge in [-0.3, -0.25) is 9.69 Å². The van der Waals surface area contributed by atoms with Gasteiger partial charge in [-0.15, -0.1) is 0 Å². The highest BCUT2D eigenvalue weighted by atomic mass is 32.1. The summed E-state index contributed by atoms with van der Waals surface area (Å²) < 4.78 is 19.3. The van der Waals surface area contributed by atoms with E-state index in [0.717, 1.165) is 34.3 Å². The largest absolute Gasteiger partial charge is 0.493 e. The minimum Gasteiger partial charge on any atom is -0.493 e. The molecule has 1 amide bonds. The van der Waals surface area contributed by atoms with E-state index in [4.69, 9.17) is 19.2 Å². The van der Waals surface area contributed by atoms with Crippen molar-refractivity contribution in [2.45, 2.75) is 19.9 Å². The van der Waals surface area contributed by atoms with Crippen LogP contribution in [0.15, 0.2) is 55.1 Å². The summed E-state index contributed by atoms with van der Waals surface area (Å²) in [6.45, 7) is 3.31. The zero-order chi connectivity index (χ0) is 24.8. The van der Waals surface area contributed by atoms with Crippen molar-refractivity contribution in [2.24, 2.45) is 0 Å². The SMILES string of the molecule is COc1cc(/C=C/C(=O)N(CCCn2ccnc2)c2nc3c(C)cccc3s2)cc(OC)c1OC. The Morgan fingerprint density at radius 1 is 1.14 bits per heavy atom. The molecule has 0 fully saturated rings. The van der Waals surface area contributed by atoms with E-state index in [0.29, 0.717) is 28.9 Å². The summed E-state index contributed by atoms with van der Waals surface area (Å²) in [5.41, 5.74) is 2.77. The average molecular weight is 493 g/mol. The number of rotatable bonds is 10. The molecule has 0 saturated carbocycles. The summed E-state index contributed by atoms with van der Waals surface area (Å²) in [5, 5.41) is 0.680. The van der Waals surface area contributed by atoms with Gasteiger partial charge in [-0.2, -0.15) is 0 Å². The van der Waals surface area contributed by atoms with E-state index >= 15 is 0 Å². The molecule has 4 aromatic rings. The van der Waals surface area contributed by atoms with Crippen LogP contribution in [0.25, 0.3) is 16.3 Å². The number of aromatic nitrogens is 3. The number of benzene rings is 2. The molecule has 0 aliphatic rings. The van der Waals surface area contributed by atoms with Gasteiger partial charge in [0.15, 0.2) is 16.6 Å². The Morgan fingerprint density at radius 3 is 2.54 bits per heavy atom. The van der Waals surface area contributed by atoms with E-state index in [2.05, 4.69) is 4.98 Å². The number of fused-ring (bicyclic) bond motifs is 1. The second-order valence-corrected chi connectivity index (χ2v) is 8.86. The fraction of sp³-hybridized carbons (Fsp3) is 0.269. The van der Waals surface area contributed by atoms with E-state index in [1.165, 1.54) is 11.3 Å². The maximum atomic E-state index is 13.4. The molecule has 2 aromatic heterocycles. The van der Waals surface area contributed by atoms with Crippen molar-refractivity contribution in [3.05, 3.63) is 66.3 Å². The van der Waals surface area contributed by atoms with Crippen LogP contribution in [0.4, 0.5) is 5.13 Å². The number of carbonyl (C=O) groups excluding carboxylic acids is 1. The third kappa shape index (κ3) is 5.46. The quantitative estimate of drug-likeness (QED) is 0.291. The third-order valence-electron chi connectivity index (χ3n) is 5.57. The van der Waals surface area contributed by atoms with Gasteiger partial charge in [-0.05, 0) is 48.7 Å². The van der Waals surface area contributed by atoms with Gasteiger partial charge < -0.3 is 18.8 Å². The molecule has 182 valence electrons. The first-order valence-corrected chi connectivity index (χ1v) is 12.0. The van der Waals surface area contributed by atoms with Crippen LogP contribution in [0, 0.1) is 6.92 Å². The lowest BCUT2D eigenvalue weighted by atomic mass is 10.1. The van der Waals surface area contributed by atoms with E-state index in [1.807, 2.05) is 35.9 Å². The average Bonchev–Trinajstić information content (AvgIpc) is 3.55. The molecule has 2 aromatic carbocycles. The van der Waals surface area contributed by atoms with Crippen molar-refractivity contribution in [3.8, 4) is 17.2 Å². The molecular weight excluding hydrogens is 464 g/mol. The van der Waals surface area contributed by atoms with Gasteiger partial charge in [0.1, 0.15) is 0 Å². The minimum atomic E-state index is -0.152. The number of anilines is 1. The molecule has 0 bridgehead atoms. The van der Waals surface area contributed by atoms with E-state index in [9.17, 15) is 4.79 Å². The number of nitrogens with zero attached hydrogens (tertiary/aromatic N) is 4. The minimum absolute atomic E-state index is 0.152. The van der Waals surface area contributed by atoms with Crippen molar-refractivity contribution in [3.63, 3.8) is 0 Å². The van der Waals surface area contributed by atoms with Crippen LogP contribution in [0.5, 0.6) is 17.2 Å². The molecule has 9 heteroatoms. The van der Waals surface area contributed by atoms with Crippen molar-refractivity contribution in [2.75, 3.05) is 32.8 Å². The molecule has 35 heavy (non-hydrogen) atoms. The number of hydrogen-bond acceptors (Lipinski definition) is 7. The first kappa shape index (κ1) is 24.3. The van der Waals surface area contributed by atoms with Crippen LogP contribution >= 0.6 is 11.3 Å². The second-order valence-electron chi connectivity index (χ2n) is 7.85. The Balaban J connectivity index is 1.61. The standard InChI is InChI=1S/C26H28N4O4S/c1-18-7-5-8-22-24(18)28-26(35-22)30(13-6-12-29-14-11-27-17-29)23(31)10-9-19-15-20(32-2)25(34-4)21(16-19)33-3/h5,7-11,14-17H,6,12-13H2,1-4H3/b10-9+. The van der Waals surface area contributed by atoms with E-state index in [1.54, 1.807) is 63.0 Å². The second kappa shape index (κ2) is 11.1. The van der Waals surface area contributed by atoms with Gasteiger partial charge in [-0.1, -0.05) is 23.5 Å². The lowest BCUT2D eigenvalue weighted by Crippen LogP contribution is -2.30. The van der Waals surface area contributed by atoms with Gasteiger partial charge in [-0.25, -0.2) is 9.97 Å². The van der Waals surface area contributed by atoms with Crippen LogP contribution in [-0.2, 0) is 11.3 Å². The summed E-state index contributed by atoms with van der Waals surface area (Å²) in [4.78, 5) is 24.0. The highest BCUT2D eigenvalue weighted by Crippen LogP contribution is 2.38. The predicted octanol–water partition coefficient (Wildman–Crippen LogP) is 4.96. The third-order valence-corrected chi connectivity index (χ3v) is 6.61. The number of aryl methyl sites for hydroxylation is 2. The van der Waals surface area contributed by atoms with Crippen LogP contribution in [-0.4, -0.2) is 48.3 Å². The molecule has 0 aliphatic carbocycles. The maximum absolute atomic E-state index is 13.4. The smallest absolute Gasteiger partial charge is 0.252 e. The Labute approximate surface area is 208 Å². The van der Waals surface area contributed by atoms with Gasteiger partial charge in [0.25, 0.3) is 5.91 Å². The molecule has 0 aliphatic heterocycles. The molecule has 0 unspecified atom stereocenters. The predicted molar refractivity (Wildman–Crippen MR) is 139 cm³/mol. The fourth-order valence-electron chi connectivity index (χ4n) is 3.78. The normalized spacial score (nSPS) is 11.2. The first-order chi connectivity index (χ1) is 17.0. The molecule has 0 N–H and O–H groups in total. The highest BCUT2D eigenvalue weighted by Gasteiger charge is 2.19. The van der Waals surface area contributed by atoms with Crippen LogP contribution < -0.4 is 19.1 Å². The number of hydrogen-bond donors (Lipinski definition) is 0. The van der Waals surface area contributed by atoms with Gasteiger partial charge in [0.05, 0.1) is 37.9 Å². The Bertz CT molecular complexity index is 1310. The van der Waals surface area contributed by atoms with Gasteiger partial charge in [0, 0.05) is 31.6 Å². The number of thiazole rings is 1. The summed E-state index contributed by atoms with van der Waals surface area (Å²) >= 11 is 1.52. The van der Waals surface area contributed by atoms with Crippen LogP contribution in [0.2, 0.25) is 0 Å². The Hall–Kier alpha value is -3.85. The van der Waals surface area contributed by atoms with Gasteiger partial charge >= 0.3 is 0 Å². The topological polar surface area (TPSA) is 78.7 Å². The van der Waals surface area contributed by atoms with Crippen molar-refractivity contribution < 1.29 is 19.0 Å². The lowest BCUT2D eigenvalue weighted by molar-refractivity contribution is -0.114. The van der Waals surface area contributed by atoms with E-state index in [-0.39, 0.29) is 5.91 Å². The van der Waals surface area contributed by atoms with Gasteiger partial charge in [0.2, 0.25) is 5.75 Å². The highest BCUT2D eigenvalue weighted by molar-refractivity contribution is 7.22. The lowest BCUT2D eigenvalue weighted by Gasteiger charge is -2.18. The molecule has 2 heterocycles. The Morgan fingerprint density at radius 2 is 1.91 bits per heavy atom. The Kier molecular flexibility index (Phi) is 7.67. The molecular formula is C26H28N4O4S. The van der Waals surface area contributed by atoms with E-state index < -0.39 is 0 Å². The van der Waals surface area contributed by atoms with Crippen LogP contribution in [0.1, 0.15) is 17.5 Å². The zero-order valence-corrected chi connectivity index (χ0v) is 21.0. The van der Waals surface area contributed by atoms with Crippen molar-refractivity contribution in [1.82, 2.24) is 14.5 Å². The number of imidazole rings is 1. The zero-order valence-electron chi connectivity index (χ0n) is 20.2. The monoisotopic (exact) mass is 492 g/mol. The molecule has 4 rings (SSSR count). The summed E-state index contributed by atoms with van der Waals surface area (Å²) in [7, 11) is 4.68. The first-order valence-electron chi connectivity index (χ1n) is 11.2. The number of ether oxygens (including phenoxy) is 3. The van der Waals surface area contributed by atoms with Crippen molar-refractivity contribution in [1.29, 1.82) is 0 Å². The molecule has 0 radical (unpaired) electrons. The number of methoxy groups -OCH3 is 3. The fourth-order valence-corrected chi connectivity index (χ4v) is 4.85. The van der Waals surface area contributed by atoms with Crippen molar-refractivity contribution >= 4 is 38.7 Å².